The van der Waals surface area contributed by atoms with Crippen LogP contribution in [0.1, 0.15) is 32.6 Å². The Morgan fingerprint density at radius 3 is 2.71 bits per heavy atom. The zero-order valence-electron chi connectivity index (χ0n) is 15.0. The van der Waals surface area contributed by atoms with Gasteiger partial charge in [-0.2, -0.15) is 11.3 Å². The molecular weight excluding hydrogens is 420 g/mol. The van der Waals surface area contributed by atoms with E-state index in [4.69, 9.17) is 9.47 Å². The molecule has 0 spiro atoms. The Balaban J connectivity index is 1.54. The SMILES string of the molecule is CCOC(=O)c1sc(NC(=O)COC(=O)c2csc(-c3ccsc3)n2)cc1C. The Kier molecular flexibility index (Phi) is 6.55. The normalized spacial score (nSPS) is 10.5. The van der Waals surface area contributed by atoms with E-state index in [9.17, 15) is 14.4 Å². The molecule has 1 N–H and O–H groups in total. The Morgan fingerprint density at radius 1 is 1.18 bits per heavy atom. The number of aromatic nitrogens is 1. The number of rotatable bonds is 7. The van der Waals surface area contributed by atoms with E-state index in [1.54, 1.807) is 36.6 Å². The lowest BCUT2D eigenvalue weighted by molar-refractivity contribution is -0.119. The molecule has 0 atom stereocenters. The molecule has 3 heterocycles. The summed E-state index contributed by atoms with van der Waals surface area (Å²) < 4.78 is 9.99. The Labute approximate surface area is 173 Å². The van der Waals surface area contributed by atoms with Crippen molar-refractivity contribution in [2.24, 2.45) is 0 Å². The number of thiazole rings is 1. The van der Waals surface area contributed by atoms with Crippen molar-refractivity contribution in [2.75, 3.05) is 18.5 Å². The molecular formula is C18H16N2O5S3. The molecule has 0 aliphatic carbocycles. The summed E-state index contributed by atoms with van der Waals surface area (Å²) in [6.45, 7) is 3.31. The molecule has 0 radical (unpaired) electrons. The number of anilines is 1. The minimum Gasteiger partial charge on any atom is -0.462 e. The van der Waals surface area contributed by atoms with Crippen LogP contribution >= 0.6 is 34.0 Å². The quantitative estimate of drug-likeness (QED) is 0.558. The molecule has 0 fully saturated rings. The highest BCUT2D eigenvalue weighted by molar-refractivity contribution is 7.18. The summed E-state index contributed by atoms with van der Waals surface area (Å²) in [6, 6.07) is 3.59. The molecule has 0 aliphatic heterocycles. The van der Waals surface area contributed by atoms with Gasteiger partial charge in [0.05, 0.1) is 11.6 Å². The standard InChI is InChI=1S/C18H16N2O5S3/c1-3-24-18(23)15-10(2)6-14(28-15)20-13(21)7-25-17(22)12-9-27-16(19-12)11-4-5-26-8-11/h4-6,8-9H,3,7H2,1-2H3,(H,20,21). The number of ether oxygens (including phenoxy) is 2. The second-order valence-corrected chi connectivity index (χ2v) is 8.21. The monoisotopic (exact) mass is 436 g/mol. The summed E-state index contributed by atoms with van der Waals surface area (Å²) in [6.07, 6.45) is 0. The van der Waals surface area contributed by atoms with Crippen LogP contribution < -0.4 is 5.32 Å². The number of aryl methyl sites for hydroxylation is 1. The van der Waals surface area contributed by atoms with E-state index in [0.717, 1.165) is 21.9 Å². The second kappa shape index (κ2) is 9.09. The van der Waals surface area contributed by atoms with E-state index in [2.05, 4.69) is 10.3 Å². The van der Waals surface area contributed by atoms with Crippen LogP contribution in [0.15, 0.2) is 28.3 Å². The summed E-state index contributed by atoms with van der Waals surface area (Å²) in [5.74, 6) is -1.59. The van der Waals surface area contributed by atoms with Gasteiger partial charge >= 0.3 is 11.9 Å². The van der Waals surface area contributed by atoms with Crippen molar-refractivity contribution in [1.29, 1.82) is 0 Å². The summed E-state index contributed by atoms with van der Waals surface area (Å²) in [7, 11) is 0. The number of carbonyl (C=O) groups excluding carboxylic acids is 3. The van der Waals surface area contributed by atoms with Crippen molar-refractivity contribution in [2.45, 2.75) is 13.8 Å². The van der Waals surface area contributed by atoms with E-state index >= 15 is 0 Å². The first-order valence-corrected chi connectivity index (χ1v) is 10.8. The van der Waals surface area contributed by atoms with Crippen LogP contribution in [0, 0.1) is 6.92 Å². The maximum absolute atomic E-state index is 12.1. The van der Waals surface area contributed by atoms with Gasteiger partial charge in [0.15, 0.2) is 12.3 Å². The van der Waals surface area contributed by atoms with Crippen LogP contribution in [0.25, 0.3) is 10.6 Å². The van der Waals surface area contributed by atoms with Crippen molar-refractivity contribution in [3.63, 3.8) is 0 Å². The number of nitrogens with one attached hydrogen (secondary N) is 1. The molecule has 3 aromatic heterocycles. The molecule has 28 heavy (non-hydrogen) atoms. The summed E-state index contributed by atoms with van der Waals surface area (Å²) in [5, 5.41) is 9.28. The van der Waals surface area contributed by atoms with Gasteiger partial charge in [-0.25, -0.2) is 14.6 Å². The van der Waals surface area contributed by atoms with E-state index in [1.807, 2.05) is 16.8 Å². The number of hydrogen-bond acceptors (Lipinski definition) is 9. The predicted octanol–water partition coefficient (Wildman–Crippen LogP) is 4.21. The van der Waals surface area contributed by atoms with Crippen LogP contribution in [-0.4, -0.2) is 36.0 Å². The van der Waals surface area contributed by atoms with Crippen molar-refractivity contribution in [3.05, 3.63) is 44.4 Å². The summed E-state index contributed by atoms with van der Waals surface area (Å²) in [5.41, 5.74) is 1.81. The Morgan fingerprint density at radius 2 is 2.00 bits per heavy atom. The molecule has 0 saturated carbocycles. The van der Waals surface area contributed by atoms with Crippen molar-refractivity contribution in [3.8, 4) is 10.6 Å². The average molecular weight is 437 g/mol. The van der Waals surface area contributed by atoms with E-state index < -0.39 is 24.5 Å². The number of amides is 1. The first-order chi connectivity index (χ1) is 13.5. The molecule has 0 unspecified atom stereocenters. The lowest BCUT2D eigenvalue weighted by Crippen LogP contribution is -2.20. The molecule has 0 saturated heterocycles. The topological polar surface area (TPSA) is 94.6 Å². The fraction of sp³-hybridized carbons (Fsp3) is 0.222. The number of esters is 2. The molecule has 0 aromatic carbocycles. The molecule has 3 rings (SSSR count). The zero-order valence-corrected chi connectivity index (χ0v) is 17.5. The van der Waals surface area contributed by atoms with Gasteiger partial charge < -0.3 is 14.8 Å². The van der Waals surface area contributed by atoms with Gasteiger partial charge in [0.1, 0.15) is 9.88 Å². The number of carbonyl (C=O) groups is 3. The molecule has 3 aromatic rings. The number of thiophene rings is 2. The third-order valence-electron chi connectivity index (χ3n) is 3.46. The van der Waals surface area contributed by atoms with Gasteiger partial charge in [-0.05, 0) is 36.9 Å². The van der Waals surface area contributed by atoms with E-state index in [-0.39, 0.29) is 12.3 Å². The molecule has 0 aliphatic rings. The lowest BCUT2D eigenvalue weighted by atomic mass is 10.3. The fourth-order valence-electron chi connectivity index (χ4n) is 2.21. The van der Waals surface area contributed by atoms with Gasteiger partial charge in [0, 0.05) is 16.3 Å². The highest BCUT2D eigenvalue weighted by atomic mass is 32.1. The summed E-state index contributed by atoms with van der Waals surface area (Å²) in [4.78, 5) is 40.6. The third kappa shape index (κ3) is 4.83. The fourth-order valence-corrected chi connectivity index (χ4v) is 4.69. The van der Waals surface area contributed by atoms with Gasteiger partial charge in [-0.15, -0.1) is 22.7 Å². The third-order valence-corrected chi connectivity index (χ3v) is 6.16. The van der Waals surface area contributed by atoms with Gasteiger partial charge in [-0.1, -0.05) is 0 Å². The highest BCUT2D eigenvalue weighted by Gasteiger charge is 2.18. The maximum atomic E-state index is 12.1. The minimum atomic E-state index is -0.664. The molecule has 146 valence electrons. The first-order valence-electron chi connectivity index (χ1n) is 8.20. The molecule has 10 heteroatoms. The Hall–Kier alpha value is -2.56. The maximum Gasteiger partial charge on any atom is 0.358 e. The first kappa shape index (κ1) is 20.2. The smallest absolute Gasteiger partial charge is 0.358 e. The van der Waals surface area contributed by atoms with Gasteiger partial charge in [0.2, 0.25) is 0 Å². The minimum absolute atomic E-state index is 0.163. The Bertz CT molecular complexity index is 991. The van der Waals surface area contributed by atoms with Gasteiger partial charge in [-0.3, -0.25) is 4.79 Å². The van der Waals surface area contributed by atoms with Crippen LogP contribution in [0.5, 0.6) is 0 Å². The van der Waals surface area contributed by atoms with Crippen LogP contribution in [0.2, 0.25) is 0 Å². The van der Waals surface area contributed by atoms with E-state index in [1.165, 1.54) is 11.3 Å². The van der Waals surface area contributed by atoms with E-state index in [0.29, 0.717) is 15.4 Å². The highest BCUT2D eigenvalue weighted by Crippen LogP contribution is 2.28. The van der Waals surface area contributed by atoms with Crippen LogP contribution in [0.4, 0.5) is 5.00 Å². The van der Waals surface area contributed by atoms with Crippen molar-refractivity contribution >= 4 is 56.9 Å². The molecule has 0 bridgehead atoms. The number of hydrogen-bond donors (Lipinski definition) is 1. The average Bonchev–Trinajstić information content (AvgIpc) is 3.40. The van der Waals surface area contributed by atoms with Gasteiger partial charge in [0.25, 0.3) is 5.91 Å². The van der Waals surface area contributed by atoms with Crippen LogP contribution in [0.3, 0.4) is 0 Å². The van der Waals surface area contributed by atoms with Crippen molar-refractivity contribution in [1.82, 2.24) is 4.98 Å². The van der Waals surface area contributed by atoms with Crippen molar-refractivity contribution < 1.29 is 23.9 Å². The largest absolute Gasteiger partial charge is 0.462 e. The predicted molar refractivity (Wildman–Crippen MR) is 109 cm³/mol. The number of nitrogens with zero attached hydrogens (tertiary/aromatic N) is 1. The summed E-state index contributed by atoms with van der Waals surface area (Å²) >= 11 is 3.99. The molecule has 7 nitrogen and oxygen atoms in total. The zero-order chi connectivity index (χ0) is 20.1. The lowest BCUT2D eigenvalue weighted by Gasteiger charge is -2.03. The van der Waals surface area contributed by atoms with Crippen LogP contribution in [-0.2, 0) is 14.3 Å². The molecule has 1 amide bonds. The second-order valence-electron chi connectivity index (χ2n) is 5.52.